The SMILES string of the molecule is Cc1ccccc1OC(Cl)COCCO. The zero-order chi connectivity index (χ0) is 11.1. The summed E-state index contributed by atoms with van der Waals surface area (Å²) >= 11 is 5.89. The molecule has 0 aliphatic rings. The molecule has 0 aliphatic heterocycles. The highest BCUT2D eigenvalue weighted by molar-refractivity contribution is 6.20. The number of benzene rings is 1. The van der Waals surface area contributed by atoms with Crippen LogP contribution in [-0.2, 0) is 4.74 Å². The van der Waals surface area contributed by atoms with E-state index >= 15 is 0 Å². The van der Waals surface area contributed by atoms with Crippen LogP contribution in [-0.4, -0.2) is 30.5 Å². The van der Waals surface area contributed by atoms with Gasteiger partial charge in [0.2, 0.25) is 0 Å². The Kier molecular flexibility index (Phi) is 5.47. The summed E-state index contributed by atoms with van der Waals surface area (Å²) in [6.45, 7) is 2.48. The van der Waals surface area contributed by atoms with Crippen molar-refractivity contribution < 1.29 is 14.6 Å². The second-order valence-electron chi connectivity index (χ2n) is 3.09. The molecule has 0 aromatic heterocycles. The predicted octanol–water partition coefficient (Wildman–Crippen LogP) is 1.95. The average molecular weight is 231 g/mol. The Balaban J connectivity index is 2.37. The minimum atomic E-state index is -0.530. The number of aryl methyl sites for hydroxylation is 1. The second-order valence-corrected chi connectivity index (χ2v) is 3.58. The van der Waals surface area contributed by atoms with E-state index in [1.54, 1.807) is 0 Å². The lowest BCUT2D eigenvalue weighted by Gasteiger charge is -2.14. The largest absolute Gasteiger partial charge is 0.472 e. The van der Waals surface area contributed by atoms with Crippen molar-refractivity contribution in [2.75, 3.05) is 19.8 Å². The summed E-state index contributed by atoms with van der Waals surface area (Å²) in [6, 6.07) is 7.64. The monoisotopic (exact) mass is 230 g/mol. The second kappa shape index (κ2) is 6.67. The fourth-order valence-electron chi connectivity index (χ4n) is 1.10. The van der Waals surface area contributed by atoms with Crippen LogP contribution in [0.2, 0.25) is 0 Å². The normalized spacial score (nSPS) is 12.5. The van der Waals surface area contributed by atoms with Gasteiger partial charge in [-0.15, -0.1) is 0 Å². The lowest BCUT2D eigenvalue weighted by molar-refractivity contribution is 0.0584. The van der Waals surface area contributed by atoms with Gasteiger partial charge in [-0.1, -0.05) is 29.8 Å². The van der Waals surface area contributed by atoms with Crippen LogP contribution < -0.4 is 4.74 Å². The van der Waals surface area contributed by atoms with Crippen molar-refractivity contribution in [2.24, 2.45) is 0 Å². The first kappa shape index (κ1) is 12.3. The molecular weight excluding hydrogens is 216 g/mol. The van der Waals surface area contributed by atoms with Crippen molar-refractivity contribution in [3.05, 3.63) is 29.8 Å². The molecule has 0 fully saturated rings. The summed E-state index contributed by atoms with van der Waals surface area (Å²) in [5.41, 5.74) is 0.503. The molecule has 0 heterocycles. The van der Waals surface area contributed by atoms with Gasteiger partial charge in [0, 0.05) is 0 Å². The number of para-hydroxylation sites is 1. The van der Waals surface area contributed by atoms with Gasteiger partial charge >= 0.3 is 0 Å². The summed E-state index contributed by atoms with van der Waals surface area (Å²) in [6.07, 6.45) is 0. The zero-order valence-corrected chi connectivity index (χ0v) is 9.41. The number of aliphatic hydroxyl groups is 1. The maximum atomic E-state index is 8.50. The Morgan fingerprint density at radius 1 is 1.40 bits per heavy atom. The lowest BCUT2D eigenvalue weighted by Crippen LogP contribution is -2.18. The van der Waals surface area contributed by atoms with Crippen LogP contribution in [0.25, 0.3) is 0 Å². The van der Waals surface area contributed by atoms with Crippen LogP contribution in [0.1, 0.15) is 5.56 Å². The average Bonchev–Trinajstić information content (AvgIpc) is 2.22. The Bertz CT molecular complexity index is 291. The topological polar surface area (TPSA) is 38.7 Å². The van der Waals surface area contributed by atoms with Crippen LogP contribution in [0.15, 0.2) is 24.3 Å². The number of halogens is 1. The summed E-state index contributed by atoms with van der Waals surface area (Å²) in [5, 5.41) is 8.50. The Morgan fingerprint density at radius 3 is 2.80 bits per heavy atom. The van der Waals surface area contributed by atoms with Gasteiger partial charge in [0.05, 0.1) is 19.8 Å². The van der Waals surface area contributed by atoms with E-state index in [4.69, 9.17) is 26.2 Å². The van der Waals surface area contributed by atoms with Gasteiger partial charge < -0.3 is 14.6 Å². The highest BCUT2D eigenvalue weighted by atomic mass is 35.5. The number of hydrogen-bond acceptors (Lipinski definition) is 3. The Hall–Kier alpha value is -0.770. The quantitative estimate of drug-likeness (QED) is 0.600. The van der Waals surface area contributed by atoms with E-state index in [2.05, 4.69) is 0 Å². The number of ether oxygens (including phenoxy) is 2. The molecule has 15 heavy (non-hydrogen) atoms. The van der Waals surface area contributed by atoms with Crippen molar-refractivity contribution in [1.82, 2.24) is 0 Å². The van der Waals surface area contributed by atoms with Crippen molar-refractivity contribution in [3.63, 3.8) is 0 Å². The molecule has 0 bridgehead atoms. The molecule has 0 saturated carbocycles. The van der Waals surface area contributed by atoms with E-state index in [1.807, 2.05) is 31.2 Å². The lowest BCUT2D eigenvalue weighted by atomic mass is 10.2. The molecular formula is C11H15ClO3. The zero-order valence-electron chi connectivity index (χ0n) is 8.65. The van der Waals surface area contributed by atoms with Crippen molar-refractivity contribution >= 4 is 11.6 Å². The maximum absolute atomic E-state index is 8.50. The van der Waals surface area contributed by atoms with Gasteiger partial charge in [0.15, 0.2) is 5.56 Å². The third-order valence-corrected chi connectivity index (χ3v) is 2.05. The highest BCUT2D eigenvalue weighted by Crippen LogP contribution is 2.18. The van der Waals surface area contributed by atoms with E-state index in [0.29, 0.717) is 0 Å². The van der Waals surface area contributed by atoms with Crippen LogP contribution >= 0.6 is 11.6 Å². The van der Waals surface area contributed by atoms with Crippen LogP contribution in [0.3, 0.4) is 0 Å². The van der Waals surface area contributed by atoms with Gasteiger partial charge in [-0.25, -0.2) is 0 Å². The van der Waals surface area contributed by atoms with Crippen LogP contribution in [0.5, 0.6) is 5.75 Å². The number of rotatable bonds is 6. The summed E-state index contributed by atoms with van der Waals surface area (Å²) < 4.78 is 10.5. The predicted molar refractivity (Wildman–Crippen MR) is 59.4 cm³/mol. The summed E-state index contributed by atoms with van der Waals surface area (Å²) in [7, 11) is 0. The maximum Gasteiger partial charge on any atom is 0.195 e. The standard InChI is InChI=1S/C11H15ClO3/c1-9-4-2-3-5-10(9)15-11(12)8-14-7-6-13/h2-5,11,13H,6-8H2,1H3. The number of aliphatic hydroxyl groups excluding tert-OH is 1. The van der Waals surface area contributed by atoms with Gasteiger partial charge in [-0.05, 0) is 18.6 Å². The Morgan fingerprint density at radius 2 is 2.13 bits per heavy atom. The van der Waals surface area contributed by atoms with Crippen molar-refractivity contribution in [2.45, 2.75) is 12.5 Å². The molecule has 1 atom stereocenters. The van der Waals surface area contributed by atoms with Gasteiger partial charge in [0.25, 0.3) is 0 Å². The van der Waals surface area contributed by atoms with Crippen molar-refractivity contribution in [1.29, 1.82) is 0 Å². The van der Waals surface area contributed by atoms with Gasteiger partial charge in [-0.3, -0.25) is 0 Å². The van der Waals surface area contributed by atoms with Gasteiger partial charge in [-0.2, -0.15) is 0 Å². The fraction of sp³-hybridized carbons (Fsp3) is 0.455. The number of alkyl halides is 1. The molecule has 0 spiro atoms. The van der Waals surface area contributed by atoms with Crippen molar-refractivity contribution in [3.8, 4) is 5.75 Å². The molecule has 0 saturated heterocycles. The Labute approximate surface area is 94.6 Å². The van der Waals surface area contributed by atoms with E-state index < -0.39 is 5.56 Å². The molecule has 1 aromatic carbocycles. The molecule has 4 heteroatoms. The first-order valence-electron chi connectivity index (χ1n) is 4.79. The molecule has 1 N–H and O–H groups in total. The van der Waals surface area contributed by atoms with Crippen LogP contribution in [0, 0.1) is 6.92 Å². The van der Waals surface area contributed by atoms with E-state index in [0.717, 1.165) is 11.3 Å². The summed E-state index contributed by atoms with van der Waals surface area (Å²) in [5.74, 6) is 0.755. The smallest absolute Gasteiger partial charge is 0.195 e. The van der Waals surface area contributed by atoms with E-state index in [9.17, 15) is 0 Å². The minimum absolute atomic E-state index is 0.00598. The van der Waals surface area contributed by atoms with E-state index in [-0.39, 0.29) is 19.8 Å². The third-order valence-electron chi connectivity index (χ3n) is 1.83. The molecule has 0 radical (unpaired) electrons. The first-order chi connectivity index (χ1) is 7.24. The molecule has 3 nitrogen and oxygen atoms in total. The molecule has 0 amide bonds. The molecule has 84 valence electrons. The first-order valence-corrected chi connectivity index (χ1v) is 5.22. The number of hydrogen-bond donors (Lipinski definition) is 1. The molecule has 1 unspecified atom stereocenters. The molecule has 1 rings (SSSR count). The third kappa shape index (κ3) is 4.51. The summed E-state index contributed by atoms with van der Waals surface area (Å²) in [4.78, 5) is 0. The van der Waals surface area contributed by atoms with Gasteiger partial charge in [0.1, 0.15) is 5.75 Å². The fourth-order valence-corrected chi connectivity index (χ4v) is 1.29. The highest BCUT2D eigenvalue weighted by Gasteiger charge is 2.07. The minimum Gasteiger partial charge on any atom is -0.472 e. The molecule has 1 aromatic rings. The van der Waals surface area contributed by atoms with E-state index in [1.165, 1.54) is 0 Å². The van der Waals surface area contributed by atoms with Crippen LogP contribution in [0.4, 0.5) is 0 Å². The molecule has 0 aliphatic carbocycles.